The fraction of sp³-hybridized carbons (Fsp3) is 0.167. The number of nitrogens with zero attached hydrogens (tertiary/aromatic N) is 2. The molecule has 2 amide bonds. The number of hydrogen-bond acceptors (Lipinski definition) is 3. The smallest absolute Gasteiger partial charge is 0.255 e. The van der Waals surface area contributed by atoms with E-state index in [1.807, 2.05) is 18.2 Å². The standard InChI is InChI=1S/C18H15N3O2/c1-12(22)21-8-7-14-10-15(5-6-17(14)21)18(23)20-16-4-2-3-13(9-16)11-19/h2-6,9-10H,7-8H2,1H3,(H,20,23). The van der Waals surface area contributed by atoms with Gasteiger partial charge < -0.3 is 10.2 Å². The van der Waals surface area contributed by atoms with Crippen LogP contribution in [0.25, 0.3) is 0 Å². The van der Waals surface area contributed by atoms with E-state index in [2.05, 4.69) is 5.32 Å². The second-order valence-electron chi connectivity index (χ2n) is 5.41. The average molecular weight is 305 g/mol. The first-order valence-corrected chi connectivity index (χ1v) is 7.31. The molecule has 0 aliphatic carbocycles. The lowest BCUT2D eigenvalue weighted by Gasteiger charge is -2.14. The number of nitriles is 1. The summed E-state index contributed by atoms with van der Waals surface area (Å²) in [7, 11) is 0. The second-order valence-corrected chi connectivity index (χ2v) is 5.41. The molecule has 3 rings (SSSR count). The SMILES string of the molecule is CC(=O)N1CCc2cc(C(=O)Nc3cccc(C#N)c3)ccc21. The fourth-order valence-electron chi connectivity index (χ4n) is 2.74. The van der Waals surface area contributed by atoms with E-state index in [0.29, 0.717) is 23.4 Å². The van der Waals surface area contributed by atoms with Crippen LogP contribution in [0.2, 0.25) is 0 Å². The molecule has 0 atom stereocenters. The summed E-state index contributed by atoms with van der Waals surface area (Å²) >= 11 is 0. The van der Waals surface area contributed by atoms with Crippen LogP contribution in [0.4, 0.5) is 11.4 Å². The Hall–Kier alpha value is -3.13. The number of anilines is 2. The Labute approximate surface area is 134 Å². The third-order valence-corrected chi connectivity index (χ3v) is 3.87. The first-order valence-electron chi connectivity index (χ1n) is 7.31. The molecular formula is C18H15N3O2. The van der Waals surface area contributed by atoms with Gasteiger partial charge in [-0.25, -0.2) is 0 Å². The van der Waals surface area contributed by atoms with Gasteiger partial charge in [-0.05, 0) is 48.4 Å². The molecular weight excluding hydrogens is 290 g/mol. The van der Waals surface area contributed by atoms with Crippen LogP contribution in [0.3, 0.4) is 0 Å². The molecule has 1 aliphatic rings. The van der Waals surface area contributed by atoms with Crippen molar-refractivity contribution in [2.75, 3.05) is 16.8 Å². The lowest BCUT2D eigenvalue weighted by Crippen LogP contribution is -2.25. The molecule has 0 radical (unpaired) electrons. The van der Waals surface area contributed by atoms with Gasteiger partial charge in [0.2, 0.25) is 5.91 Å². The molecule has 0 fully saturated rings. The van der Waals surface area contributed by atoms with Crippen molar-refractivity contribution < 1.29 is 9.59 Å². The summed E-state index contributed by atoms with van der Waals surface area (Å²) in [6.07, 6.45) is 0.750. The number of rotatable bonds is 2. The summed E-state index contributed by atoms with van der Waals surface area (Å²) in [5.41, 5.74) is 3.49. The van der Waals surface area contributed by atoms with E-state index in [-0.39, 0.29) is 11.8 Å². The van der Waals surface area contributed by atoms with Crippen LogP contribution in [0.5, 0.6) is 0 Å². The van der Waals surface area contributed by atoms with Gasteiger partial charge in [0, 0.05) is 30.4 Å². The maximum absolute atomic E-state index is 12.4. The average Bonchev–Trinajstić information content (AvgIpc) is 2.98. The van der Waals surface area contributed by atoms with Crippen molar-refractivity contribution in [3.8, 4) is 6.07 Å². The number of nitrogens with one attached hydrogen (secondary N) is 1. The van der Waals surface area contributed by atoms with Gasteiger partial charge >= 0.3 is 0 Å². The lowest BCUT2D eigenvalue weighted by atomic mass is 10.1. The molecule has 2 aromatic rings. The van der Waals surface area contributed by atoms with E-state index in [1.165, 1.54) is 6.92 Å². The van der Waals surface area contributed by atoms with Crippen LogP contribution in [0, 0.1) is 11.3 Å². The molecule has 5 nitrogen and oxygen atoms in total. The van der Waals surface area contributed by atoms with Crippen molar-refractivity contribution in [1.29, 1.82) is 5.26 Å². The van der Waals surface area contributed by atoms with Crippen LogP contribution in [0.1, 0.15) is 28.4 Å². The van der Waals surface area contributed by atoms with Gasteiger partial charge in [0.05, 0.1) is 11.6 Å². The van der Waals surface area contributed by atoms with Crippen LogP contribution in [-0.4, -0.2) is 18.4 Å². The highest BCUT2D eigenvalue weighted by Gasteiger charge is 2.23. The number of carbonyl (C=O) groups is 2. The number of carbonyl (C=O) groups excluding carboxylic acids is 2. The Bertz CT molecular complexity index is 836. The molecule has 0 saturated carbocycles. The van der Waals surface area contributed by atoms with Crippen molar-refractivity contribution in [2.45, 2.75) is 13.3 Å². The Morgan fingerprint density at radius 1 is 1.22 bits per heavy atom. The summed E-state index contributed by atoms with van der Waals surface area (Å²) in [6.45, 7) is 2.19. The van der Waals surface area contributed by atoms with E-state index in [1.54, 1.807) is 35.2 Å². The zero-order valence-corrected chi connectivity index (χ0v) is 12.7. The third kappa shape index (κ3) is 2.92. The normalized spacial score (nSPS) is 12.4. The minimum absolute atomic E-state index is 0.00858. The highest BCUT2D eigenvalue weighted by atomic mass is 16.2. The largest absolute Gasteiger partial charge is 0.322 e. The Morgan fingerprint density at radius 3 is 2.78 bits per heavy atom. The summed E-state index contributed by atoms with van der Waals surface area (Å²) in [5, 5.41) is 11.7. The topological polar surface area (TPSA) is 73.2 Å². The quantitative estimate of drug-likeness (QED) is 0.927. The summed E-state index contributed by atoms with van der Waals surface area (Å²) in [4.78, 5) is 25.6. The summed E-state index contributed by atoms with van der Waals surface area (Å²) in [5.74, 6) is -0.224. The molecule has 114 valence electrons. The summed E-state index contributed by atoms with van der Waals surface area (Å²) < 4.78 is 0. The van der Waals surface area contributed by atoms with Crippen LogP contribution in [0.15, 0.2) is 42.5 Å². The highest BCUT2D eigenvalue weighted by Crippen LogP contribution is 2.29. The van der Waals surface area contributed by atoms with E-state index >= 15 is 0 Å². The van der Waals surface area contributed by atoms with Gasteiger partial charge in [-0.2, -0.15) is 5.26 Å². The molecule has 0 spiro atoms. The predicted octanol–water partition coefficient (Wildman–Crippen LogP) is 2.72. The first-order chi connectivity index (χ1) is 11.1. The van der Waals surface area contributed by atoms with Crippen molar-refractivity contribution in [2.24, 2.45) is 0 Å². The van der Waals surface area contributed by atoms with Gasteiger partial charge in [0.1, 0.15) is 0 Å². The predicted molar refractivity (Wildman–Crippen MR) is 87.3 cm³/mol. The van der Waals surface area contributed by atoms with Crippen molar-refractivity contribution in [3.63, 3.8) is 0 Å². The Morgan fingerprint density at radius 2 is 2.04 bits per heavy atom. The Balaban J connectivity index is 1.81. The van der Waals surface area contributed by atoms with E-state index < -0.39 is 0 Å². The molecule has 1 aliphatic heterocycles. The minimum Gasteiger partial charge on any atom is -0.322 e. The first kappa shape index (κ1) is 14.8. The maximum atomic E-state index is 12.4. The summed E-state index contributed by atoms with van der Waals surface area (Å²) in [6, 6.07) is 14.2. The number of hydrogen-bond donors (Lipinski definition) is 1. The van der Waals surface area contributed by atoms with Crippen LogP contribution < -0.4 is 10.2 Å². The lowest BCUT2D eigenvalue weighted by molar-refractivity contribution is -0.116. The van der Waals surface area contributed by atoms with Gasteiger partial charge in [-0.1, -0.05) is 6.07 Å². The fourth-order valence-corrected chi connectivity index (χ4v) is 2.74. The van der Waals surface area contributed by atoms with Crippen molar-refractivity contribution >= 4 is 23.2 Å². The zero-order valence-electron chi connectivity index (χ0n) is 12.7. The molecule has 0 bridgehead atoms. The molecule has 0 unspecified atom stereocenters. The molecule has 0 aromatic heterocycles. The molecule has 23 heavy (non-hydrogen) atoms. The molecule has 1 N–H and O–H groups in total. The zero-order chi connectivity index (χ0) is 16.4. The molecule has 1 heterocycles. The van der Waals surface area contributed by atoms with Gasteiger partial charge in [0.15, 0.2) is 0 Å². The number of fused-ring (bicyclic) bond motifs is 1. The minimum atomic E-state index is -0.232. The van der Waals surface area contributed by atoms with Crippen molar-refractivity contribution in [1.82, 2.24) is 0 Å². The van der Waals surface area contributed by atoms with E-state index in [4.69, 9.17) is 5.26 Å². The van der Waals surface area contributed by atoms with Crippen LogP contribution in [-0.2, 0) is 11.2 Å². The highest BCUT2D eigenvalue weighted by molar-refractivity contribution is 6.05. The van der Waals surface area contributed by atoms with Gasteiger partial charge in [0.25, 0.3) is 5.91 Å². The van der Waals surface area contributed by atoms with E-state index in [0.717, 1.165) is 17.7 Å². The monoisotopic (exact) mass is 305 g/mol. The van der Waals surface area contributed by atoms with Crippen molar-refractivity contribution in [3.05, 3.63) is 59.2 Å². The third-order valence-electron chi connectivity index (χ3n) is 3.87. The second kappa shape index (κ2) is 5.93. The van der Waals surface area contributed by atoms with E-state index in [9.17, 15) is 9.59 Å². The van der Waals surface area contributed by atoms with Crippen LogP contribution >= 0.6 is 0 Å². The number of benzene rings is 2. The molecule has 2 aromatic carbocycles. The van der Waals surface area contributed by atoms with Gasteiger partial charge in [-0.15, -0.1) is 0 Å². The number of amides is 2. The Kier molecular flexibility index (Phi) is 3.82. The van der Waals surface area contributed by atoms with Gasteiger partial charge in [-0.3, -0.25) is 9.59 Å². The maximum Gasteiger partial charge on any atom is 0.255 e. The molecule has 5 heteroatoms. The molecule has 0 saturated heterocycles.